The molecule has 18 heavy (non-hydrogen) atoms. The van der Waals surface area contributed by atoms with E-state index in [4.69, 9.17) is 18.0 Å². The highest BCUT2D eigenvalue weighted by molar-refractivity contribution is 7.80. The molecule has 2 atom stereocenters. The standard InChI is InChI=1S/C14H24N2OS/c1-10-4-5-11(8-10)9-16-13(17)14(12(15)18)6-2-3-7-14/h10-11H,2-9H2,1H3,(H2,15,18)(H,16,17). The van der Waals surface area contributed by atoms with Gasteiger partial charge in [-0.15, -0.1) is 0 Å². The number of nitrogens with two attached hydrogens (primary N) is 1. The molecule has 0 saturated heterocycles. The van der Waals surface area contributed by atoms with Gasteiger partial charge in [0.15, 0.2) is 0 Å². The first-order valence-electron chi connectivity index (χ1n) is 7.13. The third-order valence-corrected chi connectivity index (χ3v) is 5.11. The minimum atomic E-state index is -0.542. The van der Waals surface area contributed by atoms with Gasteiger partial charge in [-0.05, 0) is 37.5 Å². The molecule has 3 nitrogen and oxygen atoms in total. The summed E-state index contributed by atoms with van der Waals surface area (Å²) in [5, 5.41) is 3.10. The van der Waals surface area contributed by atoms with Gasteiger partial charge >= 0.3 is 0 Å². The summed E-state index contributed by atoms with van der Waals surface area (Å²) in [4.78, 5) is 12.8. The molecule has 4 heteroatoms. The van der Waals surface area contributed by atoms with E-state index in [2.05, 4.69) is 12.2 Å². The van der Waals surface area contributed by atoms with Crippen molar-refractivity contribution in [3.63, 3.8) is 0 Å². The van der Waals surface area contributed by atoms with E-state index < -0.39 is 5.41 Å². The fourth-order valence-corrected chi connectivity index (χ4v) is 3.78. The average molecular weight is 268 g/mol. The summed E-state index contributed by atoms with van der Waals surface area (Å²) in [7, 11) is 0. The summed E-state index contributed by atoms with van der Waals surface area (Å²) < 4.78 is 0. The van der Waals surface area contributed by atoms with E-state index in [0.717, 1.165) is 38.1 Å². The molecule has 0 aliphatic heterocycles. The molecule has 0 radical (unpaired) electrons. The van der Waals surface area contributed by atoms with Crippen molar-refractivity contribution in [1.29, 1.82) is 0 Å². The second kappa shape index (κ2) is 5.55. The lowest BCUT2D eigenvalue weighted by Gasteiger charge is -2.27. The van der Waals surface area contributed by atoms with E-state index in [0.29, 0.717) is 10.9 Å². The van der Waals surface area contributed by atoms with Gasteiger partial charge in [-0.25, -0.2) is 0 Å². The maximum Gasteiger partial charge on any atom is 0.233 e. The van der Waals surface area contributed by atoms with Gasteiger partial charge in [0.1, 0.15) is 0 Å². The van der Waals surface area contributed by atoms with Gasteiger partial charge < -0.3 is 11.1 Å². The number of amides is 1. The highest BCUT2D eigenvalue weighted by atomic mass is 32.1. The first-order chi connectivity index (χ1) is 8.54. The lowest BCUT2D eigenvalue weighted by molar-refractivity contribution is -0.127. The normalized spacial score (nSPS) is 30.3. The van der Waals surface area contributed by atoms with E-state index in [9.17, 15) is 4.79 Å². The number of carbonyl (C=O) groups excluding carboxylic acids is 1. The molecule has 2 fully saturated rings. The number of hydrogen-bond acceptors (Lipinski definition) is 2. The molecule has 2 aliphatic rings. The van der Waals surface area contributed by atoms with E-state index in [1.54, 1.807) is 0 Å². The van der Waals surface area contributed by atoms with Crippen LogP contribution in [0, 0.1) is 17.3 Å². The molecule has 0 bridgehead atoms. The fraction of sp³-hybridized carbons (Fsp3) is 0.857. The molecular weight excluding hydrogens is 244 g/mol. The van der Waals surface area contributed by atoms with Crippen molar-refractivity contribution in [3.05, 3.63) is 0 Å². The molecule has 2 rings (SSSR count). The van der Waals surface area contributed by atoms with Crippen molar-refractivity contribution in [1.82, 2.24) is 5.32 Å². The minimum absolute atomic E-state index is 0.0760. The summed E-state index contributed by atoms with van der Waals surface area (Å²) in [6.07, 6.45) is 7.55. The maximum atomic E-state index is 12.4. The van der Waals surface area contributed by atoms with Crippen LogP contribution in [0.4, 0.5) is 0 Å². The van der Waals surface area contributed by atoms with Gasteiger partial charge in [-0.1, -0.05) is 38.4 Å². The van der Waals surface area contributed by atoms with Gasteiger partial charge in [0.05, 0.1) is 10.4 Å². The van der Waals surface area contributed by atoms with E-state index in [-0.39, 0.29) is 5.91 Å². The van der Waals surface area contributed by atoms with Gasteiger partial charge in [-0.2, -0.15) is 0 Å². The number of rotatable bonds is 4. The first kappa shape index (κ1) is 13.8. The third-order valence-electron chi connectivity index (χ3n) is 4.72. The van der Waals surface area contributed by atoms with Gasteiger partial charge in [0.2, 0.25) is 5.91 Å². The Labute approximate surface area is 115 Å². The highest BCUT2D eigenvalue weighted by Crippen LogP contribution is 2.39. The Bertz CT molecular complexity index is 337. The average Bonchev–Trinajstić information content (AvgIpc) is 2.95. The van der Waals surface area contributed by atoms with Gasteiger partial charge in [0, 0.05) is 6.54 Å². The van der Waals surface area contributed by atoms with Crippen LogP contribution >= 0.6 is 12.2 Å². The molecule has 3 N–H and O–H groups in total. The largest absolute Gasteiger partial charge is 0.392 e. The Balaban J connectivity index is 1.88. The molecular formula is C14H24N2OS. The molecule has 0 aromatic heterocycles. The van der Waals surface area contributed by atoms with E-state index in [1.807, 2.05) is 0 Å². The quantitative estimate of drug-likeness (QED) is 0.770. The van der Waals surface area contributed by atoms with Crippen molar-refractivity contribution in [2.24, 2.45) is 23.0 Å². The third kappa shape index (κ3) is 2.68. The Morgan fingerprint density at radius 1 is 1.39 bits per heavy atom. The van der Waals surface area contributed by atoms with Crippen LogP contribution < -0.4 is 11.1 Å². The number of thiocarbonyl (C=S) groups is 1. The molecule has 2 aliphatic carbocycles. The SMILES string of the molecule is CC1CCC(CNC(=O)C2(C(N)=S)CCCC2)C1. The van der Waals surface area contributed by atoms with Crippen molar-refractivity contribution in [3.8, 4) is 0 Å². The van der Waals surface area contributed by atoms with Crippen LogP contribution in [0.1, 0.15) is 51.9 Å². The summed E-state index contributed by atoms with van der Waals surface area (Å²) in [5.41, 5.74) is 5.27. The van der Waals surface area contributed by atoms with Gasteiger partial charge in [0.25, 0.3) is 0 Å². The molecule has 0 aromatic carbocycles. The summed E-state index contributed by atoms with van der Waals surface area (Å²) in [6, 6.07) is 0. The van der Waals surface area contributed by atoms with Crippen molar-refractivity contribution < 1.29 is 4.79 Å². The molecule has 102 valence electrons. The van der Waals surface area contributed by atoms with Gasteiger partial charge in [-0.3, -0.25) is 4.79 Å². The molecule has 0 spiro atoms. The Morgan fingerprint density at radius 2 is 2.06 bits per heavy atom. The smallest absolute Gasteiger partial charge is 0.233 e. The zero-order chi connectivity index (χ0) is 13.2. The summed E-state index contributed by atoms with van der Waals surface area (Å²) >= 11 is 5.13. The van der Waals surface area contributed by atoms with Crippen molar-refractivity contribution in [2.75, 3.05) is 6.54 Å². The molecule has 2 saturated carbocycles. The monoisotopic (exact) mass is 268 g/mol. The van der Waals surface area contributed by atoms with Crippen molar-refractivity contribution >= 4 is 23.1 Å². The molecule has 0 heterocycles. The topological polar surface area (TPSA) is 55.1 Å². The summed E-state index contributed by atoms with van der Waals surface area (Å²) in [5.74, 6) is 1.53. The Morgan fingerprint density at radius 3 is 2.56 bits per heavy atom. The van der Waals surface area contributed by atoms with Crippen LogP contribution in [0.2, 0.25) is 0 Å². The first-order valence-corrected chi connectivity index (χ1v) is 7.53. The van der Waals surface area contributed by atoms with E-state index in [1.165, 1.54) is 19.3 Å². The predicted molar refractivity (Wildman–Crippen MR) is 77.2 cm³/mol. The Hall–Kier alpha value is -0.640. The highest BCUT2D eigenvalue weighted by Gasteiger charge is 2.43. The lowest BCUT2D eigenvalue weighted by Crippen LogP contribution is -2.48. The van der Waals surface area contributed by atoms with Crippen molar-refractivity contribution in [2.45, 2.75) is 51.9 Å². The number of nitrogens with one attached hydrogen (secondary N) is 1. The van der Waals surface area contributed by atoms with Crippen LogP contribution in [0.15, 0.2) is 0 Å². The minimum Gasteiger partial charge on any atom is -0.392 e. The van der Waals surface area contributed by atoms with Crippen LogP contribution in [-0.2, 0) is 4.79 Å². The predicted octanol–water partition coefficient (Wildman–Crippen LogP) is 2.39. The molecule has 0 aromatic rings. The second-order valence-corrected chi connectivity index (χ2v) is 6.59. The second-order valence-electron chi connectivity index (χ2n) is 6.15. The zero-order valence-corrected chi connectivity index (χ0v) is 12.0. The van der Waals surface area contributed by atoms with E-state index >= 15 is 0 Å². The van der Waals surface area contributed by atoms with Crippen LogP contribution in [0.25, 0.3) is 0 Å². The lowest BCUT2D eigenvalue weighted by atomic mass is 9.85. The zero-order valence-electron chi connectivity index (χ0n) is 11.2. The number of hydrogen-bond donors (Lipinski definition) is 2. The molecule has 1 amide bonds. The number of carbonyl (C=O) groups is 1. The van der Waals surface area contributed by atoms with Crippen LogP contribution in [0.5, 0.6) is 0 Å². The fourth-order valence-electron chi connectivity index (χ4n) is 3.48. The van der Waals surface area contributed by atoms with Crippen LogP contribution in [0.3, 0.4) is 0 Å². The Kier molecular flexibility index (Phi) is 4.25. The molecule has 2 unspecified atom stereocenters. The summed E-state index contributed by atoms with van der Waals surface area (Å²) in [6.45, 7) is 3.09. The van der Waals surface area contributed by atoms with Crippen LogP contribution in [-0.4, -0.2) is 17.4 Å². The maximum absolute atomic E-state index is 12.4.